The van der Waals surface area contributed by atoms with Gasteiger partial charge in [0.25, 0.3) is 5.91 Å². The third kappa shape index (κ3) is 3.53. The lowest BCUT2D eigenvalue weighted by Crippen LogP contribution is -2.35. The Morgan fingerprint density at radius 3 is 2.52 bits per heavy atom. The zero-order chi connectivity index (χ0) is 15.6. The van der Waals surface area contributed by atoms with E-state index in [4.69, 9.17) is 0 Å². The van der Waals surface area contributed by atoms with Crippen LogP contribution >= 0.6 is 0 Å². The molecule has 1 aromatic carbocycles. The normalized spacial score (nSPS) is 17.7. The Morgan fingerprint density at radius 1 is 1.14 bits per heavy atom. The van der Waals surface area contributed by atoms with Crippen LogP contribution in [0.5, 0.6) is 0 Å². The van der Waals surface area contributed by atoms with Crippen molar-refractivity contribution in [2.24, 2.45) is 0 Å². The van der Waals surface area contributed by atoms with Crippen molar-refractivity contribution in [2.75, 3.05) is 33.2 Å². The molecule has 2 rings (SSSR count). The van der Waals surface area contributed by atoms with E-state index in [1.807, 2.05) is 11.9 Å². The molecule has 0 aliphatic carbocycles. The van der Waals surface area contributed by atoms with Crippen LogP contribution in [0, 0.1) is 5.82 Å². The van der Waals surface area contributed by atoms with Gasteiger partial charge in [-0.1, -0.05) is 6.07 Å². The molecule has 1 heterocycles. The number of carbonyl (C=O) groups excluding carboxylic acids is 1. The number of carbonyl (C=O) groups is 1. The maximum absolute atomic E-state index is 14.0. The first-order valence-corrected chi connectivity index (χ1v) is 6.64. The largest absolute Gasteiger partial charge is 0.419 e. The number of benzene rings is 1. The highest BCUT2D eigenvalue weighted by Crippen LogP contribution is 2.32. The minimum absolute atomic E-state index is 0.380. The highest BCUT2D eigenvalue weighted by Gasteiger charge is 2.36. The van der Waals surface area contributed by atoms with Gasteiger partial charge in [-0.3, -0.25) is 4.79 Å². The van der Waals surface area contributed by atoms with Gasteiger partial charge in [-0.25, -0.2) is 4.39 Å². The van der Waals surface area contributed by atoms with Gasteiger partial charge in [0, 0.05) is 19.6 Å². The van der Waals surface area contributed by atoms with E-state index in [0.717, 1.165) is 18.7 Å². The molecule has 1 aliphatic heterocycles. The van der Waals surface area contributed by atoms with Gasteiger partial charge in [-0.2, -0.15) is 13.2 Å². The van der Waals surface area contributed by atoms with E-state index in [1.54, 1.807) is 0 Å². The van der Waals surface area contributed by atoms with Gasteiger partial charge in [0.1, 0.15) is 5.82 Å². The molecule has 1 aliphatic rings. The zero-order valence-corrected chi connectivity index (χ0v) is 11.6. The van der Waals surface area contributed by atoms with Crippen molar-refractivity contribution in [3.8, 4) is 0 Å². The molecule has 1 aromatic rings. The Hall–Kier alpha value is -1.63. The summed E-state index contributed by atoms with van der Waals surface area (Å²) in [6.45, 7) is 2.21. The first kappa shape index (κ1) is 15.8. The van der Waals surface area contributed by atoms with Gasteiger partial charge in [0.05, 0.1) is 11.1 Å². The second-order valence-electron chi connectivity index (χ2n) is 5.11. The maximum atomic E-state index is 14.0. The summed E-state index contributed by atoms with van der Waals surface area (Å²) in [7, 11) is 1.90. The number of hydrogen-bond donors (Lipinski definition) is 0. The molecule has 1 fully saturated rings. The molecule has 1 amide bonds. The van der Waals surface area contributed by atoms with E-state index in [-0.39, 0.29) is 0 Å². The monoisotopic (exact) mass is 304 g/mol. The van der Waals surface area contributed by atoms with Crippen LogP contribution < -0.4 is 0 Å². The maximum Gasteiger partial charge on any atom is 0.419 e. The molecule has 0 unspecified atom stereocenters. The summed E-state index contributed by atoms with van der Waals surface area (Å²) in [6.07, 6.45) is -4.10. The number of hydrogen-bond acceptors (Lipinski definition) is 2. The minimum Gasteiger partial charge on any atom is -0.337 e. The van der Waals surface area contributed by atoms with Crippen LogP contribution in [0.3, 0.4) is 0 Å². The fraction of sp³-hybridized carbons (Fsp3) is 0.500. The molecule has 0 saturated carbocycles. The Bertz CT molecular complexity index is 530. The molecule has 0 atom stereocenters. The lowest BCUT2D eigenvalue weighted by Gasteiger charge is -2.21. The predicted molar refractivity (Wildman–Crippen MR) is 69.4 cm³/mol. The molecule has 0 spiro atoms. The summed E-state index contributed by atoms with van der Waals surface area (Å²) in [4.78, 5) is 15.7. The molecule has 0 N–H and O–H groups in total. The summed E-state index contributed by atoms with van der Waals surface area (Å²) in [5.74, 6) is -2.18. The van der Waals surface area contributed by atoms with Crippen molar-refractivity contribution in [1.29, 1.82) is 0 Å². The summed E-state index contributed by atoms with van der Waals surface area (Å²) < 4.78 is 52.0. The highest BCUT2D eigenvalue weighted by atomic mass is 19.4. The number of alkyl halides is 3. The van der Waals surface area contributed by atoms with Gasteiger partial charge >= 0.3 is 6.18 Å². The number of rotatable bonds is 1. The van der Waals surface area contributed by atoms with Gasteiger partial charge in [-0.15, -0.1) is 0 Å². The molecule has 21 heavy (non-hydrogen) atoms. The van der Waals surface area contributed by atoms with E-state index < -0.39 is 29.0 Å². The molecule has 1 saturated heterocycles. The Kier molecular flexibility index (Phi) is 4.51. The number of likely N-dealkylation sites (N-methyl/N-ethyl adjacent to an activating group) is 1. The molecule has 7 heteroatoms. The fourth-order valence-electron chi connectivity index (χ4n) is 2.34. The van der Waals surface area contributed by atoms with Crippen LogP contribution in [0.1, 0.15) is 22.3 Å². The third-order valence-electron chi connectivity index (χ3n) is 3.54. The van der Waals surface area contributed by atoms with E-state index in [0.29, 0.717) is 32.1 Å². The second kappa shape index (κ2) is 6.01. The molecule has 116 valence electrons. The molecular formula is C14H16F4N2O. The minimum atomic E-state index is -4.81. The average Bonchev–Trinajstić information content (AvgIpc) is 2.62. The Balaban J connectivity index is 2.27. The Morgan fingerprint density at radius 2 is 1.86 bits per heavy atom. The quantitative estimate of drug-likeness (QED) is 0.745. The number of nitrogens with zero attached hydrogens (tertiary/aromatic N) is 2. The summed E-state index contributed by atoms with van der Waals surface area (Å²) >= 11 is 0. The van der Waals surface area contributed by atoms with Crippen LogP contribution in [-0.2, 0) is 6.18 Å². The van der Waals surface area contributed by atoms with E-state index in [9.17, 15) is 22.4 Å². The third-order valence-corrected chi connectivity index (χ3v) is 3.54. The lowest BCUT2D eigenvalue weighted by molar-refractivity contribution is -0.140. The van der Waals surface area contributed by atoms with Gasteiger partial charge in [0.15, 0.2) is 0 Å². The molecule has 0 radical (unpaired) electrons. The summed E-state index contributed by atoms with van der Waals surface area (Å²) in [5.41, 5.74) is -1.92. The zero-order valence-electron chi connectivity index (χ0n) is 11.6. The number of amides is 1. The average molecular weight is 304 g/mol. The summed E-state index contributed by atoms with van der Waals surface area (Å²) in [6, 6.07) is 2.80. The SMILES string of the molecule is CN1CCCN(C(=O)c2cccc(C(F)(F)F)c2F)CC1. The first-order valence-electron chi connectivity index (χ1n) is 6.64. The van der Waals surface area contributed by atoms with E-state index in [1.165, 1.54) is 4.90 Å². The van der Waals surface area contributed by atoms with Crippen molar-refractivity contribution in [3.05, 3.63) is 35.1 Å². The van der Waals surface area contributed by atoms with Crippen LogP contribution in [0.15, 0.2) is 18.2 Å². The van der Waals surface area contributed by atoms with Crippen LogP contribution in [0.25, 0.3) is 0 Å². The van der Waals surface area contributed by atoms with Crippen molar-refractivity contribution in [2.45, 2.75) is 12.6 Å². The standard InChI is InChI=1S/C14H16F4N2O/c1-19-6-3-7-20(9-8-19)13(21)10-4-2-5-11(12(10)15)14(16,17)18/h2,4-5H,3,6-9H2,1H3. The van der Waals surface area contributed by atoms with Gasteiger partial charge in [0.2, 0.25) is 0 Å². The van der Waals surface area contributed by atoms with E-state index >= 15 is 0 Å². The lowest BCUT2D eigenvalue weighted by atomic mass is 10.1. The molecule has 0 bridgehead atoms. The van der Waals surface area contributed by atoms with Crippen molar-refractivity contribution in [1.82, 2.24) is 9.80 Å². The molecular weight excluding hydrogens is 288 g/mol. The first-order chi connectivity index (χ1) is 9.80. The topological polar surface area (TPSA) is 23.6 Å². The van der Waals surface area contributed by atoms with Gasteiger partial charge in [-0.05, 0) is 32.1 Å². The fourth-order valence-corrected chi connectivity index (χ4v) is 2.34. The van der Waals surface area contributed by atoms with E-state index in [2.05, 4.69) is 0 Å². The van der Waals surface area contributed by atoms with Crippen LogP contribution in [-0.4, -0.2) is 48.9 Å². The van der Waals surface area contributed by atoms with Gasteiger partial charge < -0.3 is 9.80 Å². The van der Waals surface area contributed by atoms with Crippen molar-refractivity contribution >= 4 is 5.91 Å². The smallest absolute Gasteiger partial charge is 0.337 e. The molecule has 3 nitrogen and oxygen atoms in total. The van der Waals surface area contributed by atoms with Crippen molar-refractivity contribution < 1.29 is 22.4 Å². The van der Waals surface area contributed by atoms with Crippen molar-refractivity contribution in [3.63, 3.8) is 0 Å². The molecule has 0 aromatic heterocycles. The number of halogens is 4. The van der Waals surface area contributed by atoms with Crippen LogP contribution in [0.2, 0.25) is 0 Å². The second-order valence-corrected chi connectivity index (χ2v) is 5.11. The highest BCUT2D eigenvalue weighted by molar-refractivity contribution is 5.94. The predicted octanol–water partition coefficient (Wildman–Crippen LogP) is 2.62. The Labute approximate surface area is 120 Å². The van der Waals surface area contributed by atoms with Crippen LogP contribution in [0.4, 0.5) is 17.6 Å². The summed E-state index contributed by atoms with van der Waals surface area (Å²) in [5, 5.41) is 0.